The SMILES string of the molecule is CC[C@@H](NC(=O)CN(c1cc(Cl)ccc1OC)S(=O)(=O)c1ccc(C)cc1)c1ccc2c(c1)CCCC2. The number of halogens is 1. The summed E-state index contributed by atoms with van der Waals surface area (Å²) in [5, 5.41) is 3.39. The Hall–Kier alpha value is -3.03. The van der Waals surface area contributed by atoms with Crippen molar-refractivity contribution in [3.05, 3.63) is 87.9 Å². The first kappa shape index (κ1) is 27.0. The predicted molar refractivity (Wildman–Crippen MR) is 148 cm³/mol. The predicted octanol–water partition coefficient (Wildman–Crippen LogP) is 6.00. The zero-order valence-electron chi connectivity index (χ0n) is 21.5. The molecule has 0 radical (unpaired) electrons. The van der Waals surface area contributed by atoms with E-state index in [0.29, 0.717) is 17.2 Å². The van der Waals surface area contributed by atoms with Crippen molar-refractivity contribution >= 4 is 33.2 Å². The van der Waals surface area contributed by atoms with Crippen molar-refractivity contribution in [2.45, 2.75) is 56.9 Å². The summed E-state index contributed by atoms with van der Waals surface area (Å²) in [5.41, 5.74) is 4.88. The lowest BCUT2D eigenvalue weighted by Crippen LogP contribution is -2.42. The fourth-order valence-electron chi connectivity index (χ4n) is 4.76. The fourth-order valence-corrected chi connectivity index (χ4v) is 6.35. The average molecular weight is 541 g/mol. The van der Waals surface area contributed by atoms with Gasteiger partial charge in [0.25, 0.3) is 10.0 Å². The molecule has 4 rings (SSSR count). The molecular weight excluding hydrogens is 508 g/mol. The van der Waals surface area contributed by atoms with Crippen molar-refractivity contribution in [1.29, 1.82) is 0 Å². The zero-order chi connectivity index (χ0) is 26.6. The molecule has 0 saturated heterocycles. The van der Waals surface area contributed by atoms with Gasteiger partial charge in [-0.05, 0) is 86.1 Å². The Morgan fingerprint density at radius 2 is 1.73 bits per heavy atom. The normalized spacial score (nSPS) is 13.9. The first-order chi connectivity index (χ1) is 17.7. The number of amides is 1. The molecule has 1 aliphatic rings. The Kier molecular flexibility index (Phi) is 8.45. The number of nitrogens with one attached hydrogen (secondary N) is 1. The summed E-state index contributed by atoms with van der Waals surface area (Å²) in [6.45, 7) is 3.47. The number of benzene rings is 3. The molecule has 1 amide bonds. The Balaban J connectivity index is 1.65. The Morgan fingerprint density at radius 1 is 1.03 bits per heavy atom. The number of nitrogens with zero attached hydrogens (tertiary/aromatic N) is 1. The monoisotopic (exact) mass is 540 g/mol. The molecule has 6 nitrogen and oxygen atoms in total. The minimum absolute atomic E-state index is 0.0784. The van der Waals surface area contributed by atoms with Crippen LogP contribution < -0.4 is 14.4 Å². The van der Waals surface area contributed by atoms with E-state index in [4.69, 9.17) is 16.3 Å². The molecule has 0 bridgehead atoms. The van der Waals surface area contributed by atoms with Crippen molar-refractivity contribution in [2.24, 2.45) is 0 Å². The third-order valence-corrected chi connectivity index (χ3v) is 8.83. The van der Waals surface area contributed by atoms with Crippen LogP contribution in [0.15, 0.2) is 65.6 Å². The summed E-state index contributed by atoms with van der Waals surface area (Å²) in [5.74, 6) is -0.114. The van der Waals surface area contributed by atoms with Gasteiger partial charge in [-0.3, -0.25) is 9.10 Å². The summed E-state index contributed by atoms with van der Waals surface area (Å²) in [6.07, 6.45) is 5.19. The van der Waals surface area contributed by atoms with Crippen LogP contribution in [0.25, 0.3) is 0 Å². The second-order valence-electron chi connectivity index (χ2n) is 9.40. The summed E-state index contributed by atoms with van der Waals surface area (Å²) < 4.78 is 34.1. The van der Waals surface area contributed by atoms with Crippen LogP contribution in [-0.4, -0.2) is 28.0 Å². The number of hydrogen-bond acceptors (Lipinski definition) is 4. The van der Waals surface area contributed by atoms with Crippen molar-refractivity contribution < 1.29 is 17.9 Å². The van der Waals surface area contributed by atoms with Crippen LogP contribution in [0.4, 0.5) is 5.69 Å². The molecule has 1 N–H and O–H groups in total. The Bertz CT molecular complexity index is 1370. The highest BCUT2D eigenvalue weighted by Crippen LogP contribution is 2.35. The van der Waals surface area contributed by atoms with Crippen LogP contribution in [0.1, 0.15) is 54.5 Å². The molecule has 0 heterocycles. The second-order valence-corrected chi connectivity index (χ2v) is 11.7. The summed E-state index contributed by atoms with van der Waals surface area (Å²) >= 11 is 6.24. The minimum Gasteiger partial charge on any atom is -0.495 e. The lowest BCUT2D eigenvalue weighted by molar-refractivity contribution is -0.120. The summed E-state index contributed by atoms with van der Waals surface area (Å²) in [4.78, 5) is 13.5. The number of ether oxygens (including phenoxy) is 1. The van der Waals surface area contributed by atoms with Gasteiger partial charge in [-0.2, -0.15) is 0 Å². The van der Waals surface area contributed by atoms with Crippen molar-refractivity contribution in [3.63, 3.8) is 0 Å². The number of hydrogen-bond donors (Lipinski definition) is 1. The molecule has 196 valence electrons. The van der Waals surface area contributed by atoms with Gasteiger partial charge in [0.2, 0.25) is 5.91 Å². The van der Waals surface area contributed by atoms with E-state index in [-0.39, 0.29) is 16.6 Å². The first-order valence-corrected chi connectivity index (χ1v) is 14.4. The van der Waals surface area contributed by atoms with Gasteiger partial charge in [0.1, 0.15) is 12.3 Å². The topological polar surface area (TPSA) is 75.7 Å². The van der Waals surface area contributed by atoms with E-state index < -0.39 is 22.5 Å². The quantitative estimate of drug-likeness (QED) is 0.361. The molecule has 0 aliphatic heterocycles. The minimum atomic E-state index is -4.10. The molecule has 0 aromatic heterocycles. The second kappa shape index (κ2) is 11.6. The average Bonchev–Trinajstić information content (AvgIpc) is 2.90. The summed E-state index contributed by atoms with van der Waals surface area (Å²) in [7, 11) is -2.65. The van der Waals surface area contributed by atoms with Crippen LogP contribution in [0.5, 0.6) is 5.75 Å². The Labute approximate surface area is 224 Å². The molecule has 3 aromatic rings. The van der Waals surface area contributed by atoms with Gasteiger partial charge in [-0.1, -0.05) is 54.4 Å². The molecular formula is C29H33ClN2O4S. The summed E-state index contributed by atoms with van der Waals surface area (Å²) in [6, 6.07) is 17.4. The van der Waals surface area contributed by atoms with Crippen LogP contribution in [0.3, 0.4) is 0 Å². The van der Waals surface area contributed by atoms with E-state index in [0.717, 1.165) is 28.3 Å². The highest BCUT2D eigenvalue weighted by Gasteiger charge is 2.30. The maximum Gasteiger partial charge on any atom is 0.264 e. The standard InChI is InChI=1S/C29H33ClN2O4S/c1-4-26(23-12-11-21-7-5-6-8-22(21)17-23)31-29(33)19-32(27-18-24(30)13-16-28(27)36-3)37(34,35)25-14-9-20(2)10-15-25/h9-18,26H,4-8,19H2,1-3H3,(H,31,33)/t26-/m1/s1. The highest BCUT2D eigenvalue weighted by molar-refractivity contribution is 7.92. The van der Waals surface area contributed by atoms with Crippen LogP contribution >= 0.6 is 11.6 Å². The van der Waals surface area contributed by atoms with Crippen LogP contribution in [0.2, 0.25) is 5.02 Å². The number of methoxy groups -OCH3 is 1. The van der Waals surface area contributed by atoms with E-state index >= 15 is 0 Å². The van der Waals surface area contributed by atoms with Crippen molar-refractivity contribution in [3.8, 4) is 5.75 Å². The lowest BCUT2D eigenvalue weighted by atomic mass is 9.89. The third kappa shape index (κ3) is 6.11. The number of rotatable bonds is 9. The molecule has 0 saturated carbocycles. The smallest absolute Gasteiger partial charge is 0.264 e. The molecule has 3 aromatic carbocycles. The van der Waals surface area contributed by atoms with Gasteiger partial charge < -0.3 is 10.1 Å². The number of aryl methyl sites for hydroxylation is 3. The number of anilines is 1. The molecule has 1 atom stereocenters. The lowest BCUT2D eigenvalue weighted by Gasteiger charge is -2.27. The molecule has 8 heteroatoms. The largest absolute Gasteiger partial charge is 0.495 e. The number of fused-ring (bicyclic) bond motifs is 1. The van der Waals surface area contributed by atoms with E-state index in [2.05, 4.69) is 23.5 Å². The van der Waals surface area contributed by atoms with Gasteiger partial charge in [-0.15, -0.1) is 0 Å². The maximum atomic E-state index is 13.8. The zero-order valence-corrected chi connectivity index (χ0v) is 23.0. The van der Waals surface area contributed by atoms with E-state index in [1.165, 1.54) is 49.3 Å². The molecule has 37 heavy (non-hydrogen) atoms. The fraction of sp³-hybridized carbons (Fsp3) is 0.345. The first-order valence-electron chi connectivity index (χ1n) is 12.6. The van der Waals surface area contributed by atoms with Crippen molar-refractivity contribution in [1.82, 2.24) is 5.32 Å². The number of carbonyl (C=O) groups excluding carboxylic acids is 1. The van der Waals surface area contributed by atoms with Gasteiger partial charge in [-0.25, -0.2) is 8.42 Å². The third-order valence-electron chi connectivity index (χ3n) is 6.82. The van der Waals surface area contributed by atoms with Gasteiger partial charge in [0.05, 0.1) is 23.7 Å². The molecule has 0 spiro atoms. The highest BCUT2D eigenvalue weighted by atomic mass is 35.5. The molecule has 0 fully saturated rings. The van der Waals surface area contributed by atoms with Crippen LogP contribution in [-0.2, 0) is 27.7 Å². The van der Waals surface area contributed by atoms with Gasteiger partial charge >= 0.3 is 0 Å². The Morgan fingerprint density at radius 3 is 2.41 bits per heavy atom. The van der Waals surface area contributed by atoms with E-state index in [1.807, 2.05) is 13.8 Å². The van der Waals surface area contributed by atoms with E-state index in [9.17, 15) is 13.2 Å². The number of sulfonamides is 1. The number of carbonyl (C=O) groups is 1. The van der Waals surface area contributed by atoms with E-state index in [1.54, 1.807) is 24.3 Å². The van der Waals surface area contributed by atoms with Crippen molar-refractivity contribution in [2.75, 3.05) is 18.0 Å². The molecule has 1 aliphatic carbocycles. The maximum absolute atomic E-state index is 13.8. The van der Waals surface area contributed by atoms with Crippen LogP contribution in [0, 0.1) is 6.92 Å². The van der Waals surface area contributed by atoms with Gasteiger partial charge in [0, 0.05) is 5.02 Å². The molecule has 0 unspecified atom stereocenters. The van der Waals surface area contributed by atoms with Gasteiger partial charge in [0.15, 0.2) is 0 Å².